The van der Waals surface area contributed by atoms with Crippen LogP contribution in [0.5, 0.6) is 0 Å². The van der Waals surface area contributed by atoms with Crippen LogP contribution in [0.1, 0.15) is 15.9 Å². The SMILES string of the molecule is Cc1ccn2c(-c3cccc(C=O)c3)cnc2c1. The van der Waals surface area contributed by atoms with E-state index in [9.17, 15) is 4.79 Å². The van der Waals surface area contributed by atoms with Crippen molar-refractivity contribution >= 4 is 11.9 Å². The topological polar surface area (TPSA) is 34.4 Å². The van der Waals surface area contributed by atoms with Gasteiger partial charge in [-0.2, -0.15) is 0 Å². The van der Waals surface area contributed by atoms with Crippen LogP contribution < -0.4 is 0 Å². The third kappa shape index (κ3) is 1.70. The zero-order chi connectivity index (χ0) is 12.5. The van der Waals surface area contributed by atoms with Crippen LogP contribution in [0.3, 0.4) is 0 Å². The Balaban J connectivity index is 2.22. The number of carbonyl (C=O) groups excluding carboxylic acids is 1. The molecule has 0 radical (unpaired) electrons. The average molecular weight is 236 g/mol. The van der Waals surface area contributed by atoms with Gasteiger partial charge in [0.2, 0.25) is 0 Å². The number of carbonyl (C=O) groups is 1. The van der Waals surface area contributed by atoms with Gasteiger partial charge in [0.15, 0.2) is 0 Å². The molecule has 2 heterocycles. The first-order valence-corrected chi connectivity index (χ1v) is 5.77. The van der Waals surface area contributed by atoms with Crippen molar-refractivity contribution in [2.24, 2.45) is 0 Å². The predicted molar refractivity (Wildman–Crippen MR) is 70.8 cm³/mol. The number of aldehydes is 1. The first kappa shape index (κ1) is 10.7. The Morgan fingerprint density at radius 3 is 2.94 bits per heavy atom. The fourth-order valence-electron chi connectivity index (χ4n) is 2.07. The third-order valence-corrected chi connectivity index (χ3v) is 2.99. The Morgan fingerprint density at radius 2 is 2.11 bits per heavy atom. The van der Waals surface area contributed by atoms with Gasteiger partial charge >= 0.3 is 0 Å². The Bertz CT molecular complexity index is 728. The quantitative estimate of drug-likeness (QED) is 0.641. The molecule has 2 aromatic heterocycles. The van der Waals surface area contributed by atoms with Gasteiger partial charge in [0.25, 0.3) is 0 Å². The van der Waals surface area contributed by atoms with Crippen molar-refractivity contribution in [3.05, 3.63) is 59.9 Å². The summed E-state index contributed by atoms with van der Waals surface area (Å²) < 4.78 is 2.02. The number of fused-ring (bicyclic) bond motifs is 1. The molecule has 0 aliphatic rings. The van der Waals surface area contributed by atoms with E-state index in [0.717, 1.165) is 23.2 Å². The highest BCUT2D eigenvalue weighted by Crippen LogP contribution is 2.21. The zero-order valence-corrected chi connectivity index (χ0v) is 10.00. The number of hydrogen-bond acceptors (Lipinski definition) is 2. The summed E-state index contributed by atoms with van der Waals surface area (Å²) in [6.07, 6.45) is 4.69. The fourth-order valence-corrected chi connectivity index (χ4v) is 2.07. The normalized spacial score (nSPS) is 10.7. The first-order valence-electron chi connectivity index (χ1n) is 5.77. The van der Waals surface area contributed by atoms with Crippen LogP contribution in [0.15, 0.2) is 48.8 Å². The predicted octanol–water partition coefficient (Wildman–Crippen LogP) is 3.12. The van der Waals surface area contributed by atoms with E-state index in [4.69, 9.17) is 0 Å². The van der Waals surface area contributed by atoms with Gasteiger partial charge in [-0.05, 0) is 30.7 Å². The summed E-state index contributed by atoms with van der Waals surface area (Å²) in [4.78, 5) is 15.2. The van der Waals surface area contributed by atoms with Crippen molar-refractivity contribution in [3.63, 3.8) is 0 Å². The van der Waals surface area contributed by atoms with Crippen molar-refractivity contribution in [1.29, 1.82) is 0 Å². The lowest BCUT2D eigenvalue weighted by atomic mass is 10.1. The lowest BCUT2D eigenvalue weighted by Gasteiger charge is -2.03. The van der Waals surface area contributed by atoms with E-state index < -0.39 is 0 Å². The minimum atomic E-state index is 0.676. The molecule has 0 atom stereocenters. The maximum atomic E-state index is 10.8. The first-order chi connectivity index (χ1) is 8.78. The number of aromatic nitrogens is 2. The van der Waals surface area contributed by atoms with Gasteiger partial charge in [0.05, 0.1) is 11.9 Å². The molecule has 0 saturated carbocycles. The summed E-state index contributed by atoms with van der Waals surface area (Å²) >= 11 is 0. The summed E-state index contributed by atoms with van der Waals surface area (Å²) in [5.74, 6) is 0. The molecule has 0 spiro atoms. The third-order valence-electron chi connectivity index (χ3n) is 2.99. The minimum absolute atomic E-state index is 0.676. The number of pyridine rings is 1. The number of rotatable bonds is 2. The average Bonchev–Trinajstić information content (AvgIpc) is 2.81. The van der Waals surface area contributed by atoms with Gasteiger partial charge in [-0.3, -0.25) is 9.20 Å². The highest BCUT2D eigenvalue weighted by Gasteiger charge is 2.06. The fraction of sp³-hybridized carbons (Fsp3) is 0.0667. The lowest BCUT2D eigenvalue weighted by Crippen LogP contribution is -1.89. The number of nitrogens with zero attached hydrogens (tertiary/aromatic N) is 2. The van der Waals surface area contributed by atoms with Crippen molar-refractivity contribution in [1.82, 2.24) is 9.38 Å². The standard InChI is InChI=1S/C15H12N2O/c1-11-5-6-17-14(9-16-15(17)7-11)13-4-2-3-12(8-13)10-18/h2-10H,1H3. The molecule has 1 aromatic carbocycles. The molecule has 3 heteroatoms. The molecular weight excluding hydrogens is 224 g/mol. The molecule has 3 nitrogen and oxygen atoms in total. The van der Waals surface area contributed by atoms with E-state index in [2.05, 4.69) is 4.98 Å². The van der Waals surface area contributed by atoms with E-state index >= 15 is 0 Å². The second-order valence-electron chi connectivity index (χ2n) is 4.32. The van der Waals surface area contributed by atoms with Crippen molar-refractivity contribution in [2.75, 3.05) is 0 Å². The van der Waals surface area contributed by atoms with Gasteiger partial charge in [-0.1, -0.05) is 18.2 Å². The molecule has 0 bridgehead atoms. The smallest absolute Gasteiger partial charge is 0.150 e. The van der Waals surface area contributed by atoms with Gasteiger partial charge in [0.1, 0.15) is 11.9 Å². The summed E-state index contributed by atoms with van der Waals surface area (Å²) in [6, 6.07) is 11.6. The number of imidazole rings is 1. The number of aryl methyl sites for hydroxylation is 1. The summed E-state index contributed by atoms with van der Waals surface area (Å²) in [5, 5.41) is 0. The number of hydrogen-bond donors (Lipinski definition) is 0. The second kappa shape index (κ2) is 4.11. The Morgan fingerprint density at radius 1 is 1.22 bits per heavy atom. The molecular formula is C15H12N2O. The largest absolute Gasteiger partial charge is 0.300 e. The molecule has 0 fully saturated rings. The van der Waals surface area contributed by atoms with Crippen molar-refractivity contribution < 1.29 is 4.79 Å². The summed E-state index contributed by atoms with van der Waals surface area (Å²) in [5.41, 5.74) is 4.77. The van der Waals surface area contributed by atoms with Crippen LogP contribution in [0.25, 0.3) is 16.9 Å². The maximum absolute atomic E-state index is 10.8. The molecule has 88 valence electrons. The Hall–Kier alpha value is -2.42. The maximum Gasteiger partial charge on any atom is 0.150 e. The van der Waals surface area contributed by atoms with E-state index in [1.807, 2.05) is 54.0 Å². The Kier molecular flexibility index (Phi) is 2.45. The van der Waals surface area contributed by atoms with Gasteiger partial charge < -0.3 is 0 Å². The summed E-state index contributed by atoms with van der Waals surface area (Å²) in [7, 11) is 0. The summed E-state index contributed by atoms with van der Waals surface area (Å²) in [6.45, 7) is 2.04. The van der Waals surface area contributed by atoms with Crippen LogP contribution in [0.2, 0.25) is 0 Å². The van der Waals surface area contributed by atoms with E-state index in [1.54, 1.807) is 6.07 Å². The van der Waals surface area contributed by atoms with Crippen LogP contribution in [0, 0.1) is 6.92 Å². The van der Waals surface area contributed by atoms with Crippen molar-refractivity contribution in [3.8, 4) is 11.3 Å². The molecule has 18 heavy (non-hydrogen) atoms. The molecule has 3 aromatic rings. The molecule has 0 aliphatic heterocycles. The van der Waals surface area contributed by atoms with Gasteiger partial charge in [-0.25, -0.2) is 4.98 Å². The highest BCUT2D eigenvalue weighted by atomic mass is 16.1. The van der Waals surface area contributed by atoms with Gasteiger partial charge in [0, 0.05) is 17.3 Å². The second-order valence-corrected chi connectivity index (χ2v) is 4.32. The monoisotopic (exact) mass is 236 g/mol. The molecule has 0 saturated heterocycles. The highest BCUT2D eigenvalue weighted by molar-refractivity contribution is 5.78. The molecule has 0 unspecified atom stereocenters. The van der Waals surface area contributed by atoms with Crippen molar-refractivity contribution in [2.45, 2.75) is 6.92 Å². The number of benzene rings is 1. The van der Waals surface area contributed by atoms with E-state index in [0.29, 0.717) is 5.56 Å². The lowest BCUT2D eigenvalue weighted by molar-refractivity contribution is 0.112. The van der Waals surface area contributed by atoms with Crippen LogP contribution in [-0.4, -0.2) is 15.7 Å². The molecule has 0 N–H and O–H groups in total. The van der Waals surface area contributed by atoms with E-state index in [1.165, 1.54) is 5.56 Å². The van der Waals surface area contributed by atoms with E-state index in [-0.39, 0.29) is 0 Å². The van der Waals surface area contributed by atoms with Crippen LogP contribution in [-0.2, 0) is 0 Å². The zero-order valence-electron chi connectivity index (χ0n) is 10.00. The molecule has 0 aliphatic carbocycles. The van der Waals surface area contributed by atoms with Gasteiger partial charge in [-0.15, -0.1) is 0 Å². The minimum Gasteiger partial charge on any atom is -0.300 e. The Labute approximate surface area is 105 Å². The van der Waals surface area contributed by atoms with Crippen LogP contribution in [0.4, 0.5) is 0 Å². The molecule has 3 rings (SSSR count). The van der Waals surface area contributed by atoms with Crippen LogP contribution >= 0.6 is 0 Å². The molecule has 0 amide bonds.